The Hall–Kier alpha value is -1.97. The van der Waals surface area contributed by atoms with Gasteiger partial charge >= 0.3 is 0 Å². The molecule has 3 aliphatic heterocycles. The van der Waals surface area contributed by atoms with Gasteiger partial charge in [-0.1, -0.05) is 11.6 Å². The van der Waals surface area contributed by atoms with Crippen LogP contribution in [0.25, 0.3) is 5.70 Å². The molecule has 0 saturated carbocycles. The van der Waals surface area contributed by atoms with Crippen LogP contribution in [0.15, 0.2) is 34.4 Å². The normalized spacial score (nSPS) is 27.5. The van der Waals surface area contributed by atoms with Crippen molar-refractivity contribution in [1.82, 2.24) is 15.6 Å². The zero-order chi connectivity index (χ0) is 23.6. The van der Waals surface area contributed by atoms with Crippen molar-refractivity contribution in [3.63, 3.8) is 0 Å². The van der Waals surface area contributed by atoms with Crippen LogP contribution >= 0.6 is 11.6 Å². The maximum Gasteiger partial charge on any atom is 0.139 e. The average molecular weight is 476 g/mol. The molecule has 0 amide bonds. The first kappa shape index (κ1) is 24.2. The number of aliphatic hydroxyl groups is 1. The molecule has 3 N–H and O–H groups in total. The van der Waals surface area contributed by atoms with Crippen LogP contribution in [0.5, 0.6) is 5.75 Å². The van der Waals surface area contributed by atoms with Crippen molar-refractivity contribution in [2.24, 2.45) is 15.5 Å². The van der Waals surface area contributed by atoms with Gasteiger partial charge in [-0.15, -0.1) is 0 Å². The molecule has 0 aliphatic carbocycles. The lowest BCUT2D eigenvalue weighted by atomic mass is 9.79. The molecule has 33 heavy (non-hydrogen) atoms. The number of likely N-dealkylation sites (N-methyl/N-ethyl adjacent to an activating group) is 1. The van der Waals surface area contributed by atoms with Gasteiger partial charge in [0.2, 0.25) is 0 Å². The molecule has 0 bridgehead atoms. The van der Waals surface area contributed by atoms with E-state index in [9.17, 15) is 5.11 Å². The van der Waals surface area contributed by atoms with Crippen molar-refractivity contribution in [1.29, 1.82) is 0 Å². The number of ether oxygens (including phenoxy) is 2. The van der Waals surface area contributed by atoms with Crippen LogP contribution in [-0.2, 0) is 4.74 Å². The average Bonchev–Trinajstić information content (AvgIpc) is 3.40. The standard InChI is InChI=1S/C24H34ClN5O3/c1-15(2)30-23-24(3,14-27-30)22(28-18-5-6-32-12-18)10-21(29-23)16-7-17(25)9-20(8-16)33-13-19(31)11-26-4/h7-10,14-15,18-19,22,26,28,31H,5-6,11-13H2,1-4H3. The number of nitrogens with one attached hydrogen (secondary N) is 2. The molecule has 3 heterocycles. The first-order valence-electron chi connectivity index (χ1n) is 11.6. The van der Waals surface area contributed by atoms with Gasteiger partial charge in [0.1, 0.15) is 24.3 Å². The third kappa shape index (κ3) is 5.25. The predicted molar refractivity (Wildman–Crippen MR) is 132 cm³/mol. The second kappa shape index (κ2) is 10.1. The molecule has 8 nitrogen and oxygen atoms in total. The summed E-state index contributed by atoms with van der Waals surface area (Å²) in [5, 5.41) is 23.9. The molecule has 0 aromatic heterocycles. The van der Waals surface area contributed by atoms with Crippen molar-refractivity contribution < 1.29 is 14.6 Å². The Bertz CT molecular complexity index is 944. The van der Waals surface area contributed by atoms with Gasteiger partial charge in [0.15, 0.2) is 0 Å². The number of hydrazone groups is 1. The van der Waals surface area contributed by atoms with E-state index in [1.807, 2.05) is 23.4 Å². The summed E-state index contributed by atoms with van der Waals surface area (Å²) in [5.74, 6) is 1.51. The number of aliphatic imine (C=N–C) groups is 1. The van der Waals surface area contributed by atoms with Gasteiger partial charge in [0, 0.05) is 48.1 Å². The topological polar surface area (TPSA) is 90.7 Å². The summed E-state index contributed by atoms with van der Waals surface area (Å²) in [6, 6.07) is 6.03. The molecule has 4 rings (SSSR count). The number of fused-ring (bicyclic) bond motifs is 1. The summed E-state index contributed by atoms with van der Waals surface area (Å²) < 4.78 is 11.4. The van der Waals surface area contributed by atoms with Crippen molar-refractivity contribution in [2.45, 2.75) is 51.4 Å². The van der Waals surface area contributed by atoms with Crippen molar-refractivity contribution in [3.8, 4) is 5.75 Å². The second-order valence-corrected chi connectivity index (χ2v) is 9.79. The largest absolute Gasteiger partial charge is 0.491 e. The molecular formula is C24H34ClN5O3. The maximum atomic E-state index is 9.99. The predicted octanol–water partition coefficient (Wildman–Crippen LogP) is 2.52. The van der Waals surface area contributed by atoms with Crippen molar-refractivity contribution in [2.75, 3.05) is 33.4 Å². The fourth-order valence-electron chi connectivity index (χ4n) is 4.38. The maximum absolute atomic E-state index is 9.99. The Morgan fingerprint density at radius 2 is 2.18 bits per heavy atom. The van der Waals surface area contributed by atoms with Gasteiger partial charge in [-0.05, 0) is 58.5 Å². The fourth-order valence-corrected chi connectivity index (χ4v) is 4.60. The summed E-state index contributed by atoms with van der Waals surface area (Å²) in [4.78, 5) is 5.05. The summed E-state index contributed by atoms with van der Waals surface area (Å²) in [6.45, 7) is 8.50. The van der Waals surface area contributed by atoms with Crippen LogP contribution in [0.4, 0.5) is 0 Å². The third-order valence-electron chi connectivity index (χ3n) is 6.23. The van der Waals surface area contributed by atoms with Gasteiger partial charge < -0.3 is 25.2 Å². The lowest BCUT2D eigenvalue weighted by Gasteiger charge is -2.38. The minimum Gasteiger partial charge on any atom is -0.491 e. The Labute approximate surface area is 200 Å². The van der Waals surface area contributed by atoms with Crippen LogP contribution in [0, 0.1) is 5.41 Å². The van der Waals surface area contributed by atoms with Gasteiger partial charge in [-0.2, -0.15) is 5.10 Å². The number of rotatable bonds is 9. The Balaban J connectivity index is 1.66. The number of hydrogen-bond donors (Lipinski definition) is 3. The lowest BCUT2D eigenvalue weighted by Crippen LogP contribution is -2.54. The van der Waals surface area contributed by atoms with Gasteiger partial charge in [0.25, 0.3) is 0 Å². The molecule has 4 atom stereocenters. The fraction of sp³-hybridized carbons (Fsp3) is 0.583. The quantitative estimate of drug-likeness (QED) is 0.508. The summed E-state index contributed by atoms with van der Waals surface area (Å²) >= 11 is 6.44. The molecule has 180 valence electrons. The Morgan fingerprint density at radius 3 is 2.88 bits per heavy atom. The molecule has 0 spiro atoms. The lowest BCUT2D eigenvalue weighted by molar-refractivity contribution is 0.108. The smallest absolute Gasteiger partial charge is 0.139 e. The molecule has 1 saturated heterocycles. The van der Waals surface area contributed by atoms with E-state index in [2.05, 4.69) is 37.5 Å². The molecular weight excluding hydrogens is 442 g/mol. The minimum absolute atomic E-state index is 0.000000748. The van der Waals surface area contributed by atoms with E-state index in [1.165, 1.54) is 0 Å². The van der Waals surface area contributed by atoms with Crippen LogP contribution in [0.3, 0.4) is 0 Å². The number of halogens is 1. The number of benzene rings is 1. The number of hydrogen-bond acceptors (Lipinski definition) is 8. The van der Waals surface area contributed by atoms with Crippen LogP contribution in [-0.4, -0.2) is 79.8 Å². The highest BCUT2D eigenvalue weighted by Crippen LogP contribution is 2.39. The number of aliphatic hydroxyl groups excluding tert-OH is 1. The van der Waals surface area contributed by atoms with E-state index < -0.39 is 6.10 Å². The summed E-state index contributed by atoms with van der Waals surface area (Å²) in [7, 11) is 1.79. The van der Waals surface area contributed by atoms with E-state index in [0.717, 1.165) is 30.1 Å². The van der Waals surface area contributed by atoms with E-state index >= 15 is 0 Å². The molecule has 1 fully saturated rings. The van der Waals surface area contributed by atoms with E-state index in [4.69, 9.17) is 31.2 Å². The second-order valence-electron chi connectivity index (χ2n) is 9.36. The molecule has 9 heteroatoms. The molecule has 4 unspecified atom stereocenters. The zero-order valence-corrected chi connectivity index (χ0v) is 20.5. The number of amidine groups is 1. The first-order valence-corrected chi connectivity index (χ1v) is 11.9. The van der Waals surface area contributed by atoms with E-state index in [0.29, 0.717) is 23.9 Å². The SMILES string of the molecule is CNCC(O)COc1cc(Cl)cc(C2=CC(NC3CCOC3)C3(C)C=NN(C(C)C)C3=N2)c1. The van der Waals surface area contributed by atoms with E-state index in [1.54, 1.807) is 13.1 Å². The van der Waals surface area contributed by atoms with Gasteiger partial charge in [-0.3, -0.25) is 0 Å². The molecule has 1 aromatic carbocycles. The van der Waals surface area contributed by atoms with Crippen LogP contribution in [0.1, 0.15) is 32.8 Å². The highest BCUT2D eigenvalue weighted by atomic mass is 35.5. The Kier molecular flexibility index (Phi) is 7.40. The molecule has 0 radical (unpaired) electrons. The Morgan fingerprint density at radius 1 is 1.36 bits per heavy atom. The first-order chi connectivity index (χ1) is 15.8. The third-order valence-corrected chi connectivity index (χ3v) is 6.45. The summed E-state index contributed by atoms with van der Waals surface area (Å²) in [6.07, 6.45) is 4.53. The van der Waals surface area contributed by atoms with E-state index in [-0.39, 0.29) is 30.1 Å². The van der Waals surface area contributed by atoms with Crippen molar-refractivity contribution in [3.05, 3.63) is 34.9 Å². The highest BCUT2D eigenvalue weighted by molar-refractivity contribution is 6.31. The van der Waals surface area contributed by atoms with Crippen molar-refractivity contribution >= 4 is 29.3 Å². The zero-order valence-electron chi connectivity index (χ0n) is 19.7. The highest BCUT2D eigenvalue weighted by Gasteiger charge is 2.47. The molecule has 1 aromatic rings. The monoisotopic (exact) mass is 475 g/mol. The summed E-state index contributed by atoms with van der Waals surface area (Å²) in [5.41, 5.74) is 1.32. The molecule has 3 aliphatic rings. The van der Waals surface area contributed by atoms with Crippen LogP contribution < -0.4 is 15.4 Å². The number of nitrogens with zero attached hydrogens (tertiary/aromatic N) is 3. The van der Waals surface area contributed by atoms with Gasteiger partial charge in [-0.25, -0.2) is 10.0 Å². The van der Waals surface area contributed by atoms with Gasteiger partial charge in [0.05, 0.1) is 17.7 Å². The minimum atomic E-state index is -0.607. The van der Waals surface area contributed by atoms with Crippen LogP contribution in [0.2, 0.25) is 5.02 Å².